The fourth-order valence-electron chi connectivity index (χ4n) is 1.29. The molecule has 4 heteroatoms. The Morgan fingerprint density at radius 2 is 2.07 bits per heavy atom. The van der Waals surface area contributed by atoms with E-state index < -0.39 is 0 Å². The molecular formula is C11H24N2O2. The molecule has 0 aliphatic carbocycles. The Balaban J connectivity index is 3.63. The van der Waals surface area contributed by atoms with E-state index >= 15 is 0 Å². The number of hydrogen-bond donors (Lipinski definition) is 1. The number of hydrogen-bond acceptors (Lipinski definition) is 4. The molecule has 4 nitrogen and oxygen atoms in total. The number of carbonyl (C=O) groups excluding carboxylic acids is 1. The van der Waals surface area contributed by atoms with Crippen LogP contribution in [0.25, 0.3) is 0 Å². The minimum absolute atomic E-state index is 0.185. The monoisotopic (exact) mass is 216 g/mol. The number of methoxy groups -OCH3 is 1. The lowest BCUT2D eigenvalue weighted by Crippen LogP contribution is -2.29. The summed E-state index contributed by atoms with van der Waals surface area (Å²) in [5, 5.41) is 0. The van der Waals surface area contributed by atoms with Gasteiger partial charge in [0, 0.05) is 0 Å². The summed E-state index contributed by atoms with van der Waals surface area (Å²) in [5.41, 5.74) is 5.84. The molecule has 0 radical (unpaired) electrons. The maximum Gasteiger partial charge on any atom is 0.319 e. The van der Waals surface area contributed by atoms with Gasteiger partial charge in [-0.25, -0.2) is 0 Å². The van der Waals surface area contributed by atoms with Crippen LogP contribution in [0.2, 0.25) is 0 Å². The molecule has 90 valence electrons. The van der Waals surface area contributed by atoms with Crippen LogP contribution in [-0.4, -0.2) is 44.7 Å². The Hall–Kier alpha value is -0.610. The lowest BCUT2D eigenvalue weighted by Gasteiger charge is -2.23. The molecule has 0 saturated carbocycles. The Morgan fingerprint density at radius 1 is 1.47 bits per heavy atom. The average Bonchev–Trinajstić information content (AvgIpc) is 2.17. The van der Waals surface area contributed by atoms with Gasteiger partial charge in [-0.1, -0.05) is 13.8 Å². The van der Waals surface area contributed by atoms with Crippen LogP contribution in [0.5, 0.6) is 0 Å². The van der Waals surface area contributed by atoms with E-state index in [1.165, 1.54) is 7.11 Å². The molecule has 0 aromatic rings. The number of esters is 1. The van der Waals surface area contributed by atoms with E-state index in [9.17, 15) is 4.79 Å². The van der Waals surface area contributed by atoms with E-state index in [0.29, 0.717) is 13.1 Å². The maximum absolute atomic E-state index is 11.0. The highest BCUT2D eigenvalue weighted by Crippen LogP contribution is 2.19. The van der Waals surface area contributed by atoms with Gasteiger partial charge in [0.25, 0.3) is 0 Å². The highest BCUT2D eigenvalue weighted by atomic mass is 16.5. The van der Waals surface area contributed by atoms with Gasteiger partial charge in [-0.05, 0) is 38.4 Å². The molecule has 0 aromatic carbocycles. The second kappa shape index (κ2) is 6.80. The smallest absolute Gasteiger partial charge is 0.319 e. The lowest BCUT2D eigenvalue weighted by molar-refractivity contribution is -0.141. The van der Waals surface area contributed by atoms with Crippen LogP contribution >= 0.6 is 0 Å². The van der Waals surface area contributed by atoms with Crippen LogP contribution in [0.3, 0.4) is 0 Å². The van der Waals surface area contributed by atoms with Crippen molar-refractivity contribution >= 4 is 5.97 Å². The first-order valence-electron chi connectivity index (χ1n) is 5.37. The Morgan fingerprint density at radius 3 is 2.53 bits per heavy atom. The standard InChI is InChI=1S/C11H24N2O2/c1-11(2,9-12)6-5-7-13(3)8-10(14)15-4/h5-9,12H2,1-4H3. The van der Waals surface area contributed by atoms with Gasteiger partial charge in [-0.15, -0.1) is 0 Å². The SMILES string of the molecule is COC(=O)CN(C)CCCC(C)(C)CN. The van der Waals surface area contributed by atoms with Gasteiger partial charge < -0.3 is 10.5 Å². The number of carbonyl (C=O) groups is 1. The third kappa shape index (κ3) is 7.33. The minimum atomic E-state index is -0.185. The van der Waals surface area contributed by atoms with Crippen LogP contribution in [-0.2, 0) is 9.53 Å². The molecule has 0 saturated heterocycles. The third-order valence-corrected chi connectivity index (χ3v) is 2.57. The molecule has 0 bridgehead atoms. The number of rotatable bonds is 7. The molecule has 0 aliphatic heterocycles. The highest BCUT2D eigenvalue weighted by Gasteiger charge is 2.15. The number of likely N-dealkylation sites (N-methyl/N-ethyl adjacent to an activating group) is 1. The molecule has 0 spiro atoms. The van der Waals surface area contributed by atoms with E-state index in [0.717, 1.165) is 19.4 Å². The van der Waals surface area contributed by atoms with Crippen LogP contribution in [0.1, 0.15) is 26.7 Å². The molecule has 0 amide bonds. The van der Waals surface area contributed by atoms with Gasteiger partial charge in [0.05, 0.1) is 13.7 Å². The Bertz CT molecular complexity index is 193. The zero-order valence-corrected chi connectivity index (χ0v) is 10.4. The van der Waals surface area contributed by atoms with Crippen molar-refractivity contribution in [2.45, 2.75) is 26.7 Å². The first-order valence-corrected chi connectivity index (χ1v) is 5.37. The van der Waals surface area contributed by atoms with Gasteiger partial charge in [0.1, 0.15) is 0 Å². The second-order valence-corrected chi connectivity index (χ2v) is 4.79. The molecule has 0 atom stereocenters. The third-order valence-electron chi connectivity index (χ3n) is 2.57. The van der Waals surface area contributed by atoms with E-state index in [4.69, 9.17) is 5.73 Å². The summed E-state index contributed by atoms with van der Waals surface area (Å²) in [7, 11) is 3.33. The molecule has 0 rings (SSSR count). The van der Waals surface area contributed by atoms with Crippen molar-refractivity contribution in [2.24, 2.45) is 11.1 Å². The second-order valence-electron chi connectivity index (χ2n) is 4.79. The first-order chi connectivity index (χ1) is 6.91. The summed E-state index contributed by atoms with van der Waals surface area (Å²) in [5.74, 6) is -0.185. The van der Waals surface area contributed by atoms with Crippen LogP contribution in [0.4, 0.5) is 0 Å². The lowest BCUT2D eigenvalue weighted by atomic mass is 9.88. The van der Waals surface area contributed by atoms with Gasteiger partial charge in [-0.2, -0.15) is 0 Å². The summed E-state index contributed by atoms with van der Waals surface area (Å²) in [6.07, 6.45) is 2.13. The van der Waals surface area contributed by atoms with Gasteiger partial charge in [-0.3, -0.25) is 9.69 Å². The molecule has 0 aromatic heterocycles. The normalized spacial score (nSPS) is 11.9. The predicted octanol–water partition coefficient (Wildman–Crippen LogP) is 0.856. The Kier molecular flexibility index (Phi) is 6.52. The number of ether oxygens (including phenoxy) is 1. The topological polar surface area (TPSA) is 55.6 Å². The van der Waals surface area contributed by atoms with E-state index in [2.05, 4.69) is 18.6 Å². The van der Waals surface area contributed by atoms with Crippen LogP contribution in [0, 0.1) is 5.41 Å². The average molecular weight is 216 g/mol. The molecule has 0 fully saturated rings. The van der Waals surface area contributed by atoms with Crippen molar-refractivity contribution in [1.29, 1.82) is 0 Å². The highest BCUT2D eigenvalue weighted by molar-refractivity contribution is 5.71. The summed E-state index contributed by atoms with van der Waals surface area (Å²) in [4.78, 5) is 12.9. The van der Waals surface area contributed by atoms with Gasteiger partial charge in [0.2, 0.25) is 0 Å². The van der Waals surface area contributed by atoms with E-state index in [1.54, 1.807) is 0 Å². The molecule has 2 N–H and O–H groups in total. The van der Waals surface area contributed by atoms with E-state index in [-0.39, 0.29) is 11.4 Å². The Labute approximate surface area is 92.8 Å². The fourth-order valence-corrected chi connectivity index (χ4v) is 1.29. The molecule has 0 aliphatic rings. The predicted molar refractivity (Wildman–Crippen MR) is 61.6 cm³/mol. The van der Waals surface area contributed by atoms with Gasteiger partial charge in [0.15, 0.2) is 0 Å². The van der Waals surface area contributed by atoms with Crippen molar-refractivity contribution in [2.75, 3.05) is 33.8 Å². The zero-order valence-electron chi connectivity index (χ0n) is 10.4. The van der Waals surface area contributed by atoms with Crippen LogP contribution in [0.15, 0.2) is 0 Å². The number of nitrogens with two attached hydrogens (primary N) is 1. The first kappa shape index (κ1) is 14.4. The molecule has 0 unspecified atom stereocenters. The summed E-state index contributed by atoms with van der Waals surface area (Å²) >= 11 is 0. The summed E-state index contributed by atoms with van der Waals surface area (Å²) in [6.45, 7) is 6.28. The molecular weight excluding hydrogens is 192 g/mol. The summed E-state index contributed by atoms with van der Waals surface area (Å²) in [6, 6.07) is 0. The summed E-state index contributed by atoms with van der Waals surface area (Å²) < 4.78 is 4.59. The van der Waals surface area contributed by atoms with Crippen molar-refractivity contribution < 1.29 is 9.53 Å². The molecule has 15 heavy (non-hydrogen) atoms. The minimum Gasteiger partial charge on any atom is -0.468 e. The van der Waals surface area contributed by atoms with Gasteiger partial charge >= 0.3 is 5.97 Å². The van der Waals surface area contributed by atoms with Crippen molar-refractivity contribution in [3.63, 3.8) is 0 Å². The fraction of sp³-hybridized carbons (Fsp3) is 0.909. The van der Waals surface area contributed by atoms with Crippen molar-refractivity contribution in [1.82, 2.24) is 4.90 Å². The van der Waals surface area contributed by atoms with Crippen molar-refractivity contribution in [3.05, 3.63) is 0 Å². The quantitative estimate of drug-likeness (QED) is 0.641. The largest absolute Gasteiger partial charge is 0.468 e. The van der Waals surface area contributed by atoms with Crippen LogP contribution < -0.4 is 5.73 Å². The van der Waals surface area contributed by atoms with Crippen molar-refractivity contribution in [3.8, 4) is 0 Å². The number of nitrogens with zero attached hydrogens (tertiary/aromatic N) is 1. The maximum atomic E-state index is 11.0. The molecule has 0 heterocycles. The zero-order chi connectivity index (χ0) is 11.9. The van der Waals surface area contributed by atoms with E-state index in [1.807, 2.05) is 11.9 Å².